The Kier molecular flexibility index (Phi) is 5.06. The van der Waals surface area contributed by atoms with Gasteiger partial charge in [0.1, 0.15) is 0 Å². The van der Waals surface area contributed by atoms with Crippen LogP contribution in [-0.2, 0) is 14.3 Å². The molecule has 0 aliphatic carbocycles. The second-order valence-electron chi connectivity index (χ2n) is 3.33. The zero-order valence-corrected chi connectivity index (χ0v) is 8.91. The summed E-state index contributed by atoms with van der Waals surface area (Å²) in [5, 5.41) is 5.62. The largest absolute Gasteiger partial charge is 0.383 e. The molecule has 15 heavy (non-hydrogen) atoms. The normalized spacial score (nSPS) is 16.3. The van der Waals surface area contributed by atoms with Gasteiger partial charge >= 0.3 is 0 Å². The van der Waals surface area contributed by atoms with Crippen molar-refractivity contribution in [3.63, 3.8) is 0 Å². The molecule has 0 atom stereocenters. The van der Waals surface area contributed by atoms with Crippen LogP contribution in [0.25, 0.3) is 0 Å². The van der Waals surface area contributed by atoms with Gasteiger partial charge in [-0.15, -0.1) is 0 Å². The first kappa shape index (κ1) is 11.9. The second kappa shape index (κ2) is 6.36. The number of piperazine rings is 1. The SMILES string of the molecule is COCCNCC(=O)N1CCNC(=O)C1. The third-order valence-electron chi connectivity index (χ3n) is 2.15. The highest BCUT2D eigenvalue weighted by Gasteiger charge is 2.20. The van der Waals surface area contributed by atoms with E-state index >= 15 is 0 Å². The number of nitrogens with zero attached hydrogens (tertiary/aromatic N) is 1. The van der Waals surface area contributed by atoms with Crippen LogP contribution in [0.5, 0.6) is 0 Å². The number of nitrogens with one attached hydrogen (secondary N) is 2. The number of methoxy groups -OCH3 is 1. The standard InChI is InChI=1S/C9H17N3O3/c1-15-5-3-10-6-9(14)12-4-2-11-8(13)7-12/h10H,2-7H2,1H3,(H,11,13). The quantitative estimate of drug-likeness (QED) is 0.530. The minimum atomic E-state index is -0.0912. The summed E-state index contributed by atoms with van der Waals surface area (Å²) >= 11 is 0. The van der Waals surface area contributed by atoms with E-state index in [9.17, 15) is 9.59 Å². The van der Waals surface area contributed by atoms with E-state index in [4.69, 9.17) is 4.74 Å². The monoisotopic (exact) mass is 215 g/mol. The van der Waals surface area contributed by atoms with Gasteiger partial charge in [-0.05, 0) is 0 Å². The van der Waals surface area contributed by atoms with Gasteiger partial charge in [-0.25, -0.2) is 0 Å². The molecule has 1 heterocycles. The van der Waals surface area contributed by atoms with Crippen LogP contribution in [0.2, 0.25) is 0 Å². The maximum absolute atomic E-state index is 11.5. The number of carbonyl (C=O) groups excluding carboxylic acids is 2. The van der Waals surface area contributed by atoms with Gasteiger partial charge in [0, 0.05) is 26.7 Å². The van der Waals surface area contributed by atoms with Gasteiger partial charge in [0.2, 0.25) is 11.8 Å². The minimum Gasteiger partial charge on any atom is -0.383 e. The minimum absolute atomic E-state index is 0.0408. The van der Waals surface area contributed by atoms with Crippen LogP contribution >= 0.6 is 0 Å². The van der Waals surface area contributed by atoms with E-state index < -0.39 is 0 Å². The summed E-state index contributed by atoms with van der Waals surface area (Å²) in [6.07, 6.45) is 0. The van der Waals surface area contributed by atoms with E-state index in [-0.39, 0.29) is 24.9 Å². The van der Waals surface area contributed by atoms with Crippen molar-refractivity contribution >= 4 is 11.8 Å². The van der Waals surface area contributed by atoms with Crippen molar-refractivity contribution in [3.8, 4) is 0 Å². The van der Waals surface area contributed by atoms with Crippen LogP contribution in [-0.4, -0.2) is 63.2 Å². The molecule has 0 unspecified atom stereocenters. The topological polar surface area (TPSA) is 70.7 Å². The van der Waals surface area contributed by atoms with E-state index in [2.05, 4.69) is 10.6 Å². The highest BCUT2D eigenvalue weighted by Crippen LogP contribution is 1.93. The first-order valence-corrected chi connectivity index (χ1v) is 4.98. The molecule has 86 valence electrons. The molecule has 1 aliphatic heterocycles. The Labute approximate surface area is 88.9 Å². The molecule has 2 amide bonds. The fraction of sp³-hybridized carbons (Fsp3) is 0.778. The Hall–Kier alpha value is -1.14. The Balaban J connectivity index is 2.18. The lowest BCUT2D eigenvalue weighted by atomic mass is 10.3. The molecule has 1 saturated heterocycles. The molecule has 0 radical (unpaired) electrons. The van der Waals surface area contributed by atoms with Crippen molar-refractivity contribution in [1.29, 1.82) is 0 Å². The van der Waals surface area contributed by atoms with Crippen LogP contribution in [0.15, 0.2) is 0 Å². The first-order chi connectivity index (χ1) is 7.24. The van der Waals surface area contributed by atoms with Crippen LogP contribution in [0.3, 0.4) is 0 Å². The molecule has 0 bridgehead atoms. The Morgan fingerprint density at radius 3 is 3.13 bits per heavy atom. The van der Waals surface area contributed by atoms with Crippen LogP contribution in [0.4, 0.5) is 0 Å². The van der Waals surface area contributed by atoms with Gasteiger partial charge < -0.3 is 20.3 Å². The molecule has 1 fully saturated rings. The van der Waals surface area contributed by atoms with Crippen molar-refractivity contribution in [3.05, 3.63) is 0 Å². The molecule has 2 N–H and O–H groups in total. The molecule has 1 rings (SSSR count). The molecular weight excluding hydrogens is 198 g/mol. The lowest BCUT2D eigenvalue weighted by Crippen LogP contribution is -2.52. The van der Waals surface area contributed by atoms with E-state index in [1.165, 1.54) is 0 Å². The van der Waals surface area contributed by atoms with Crippen molar-refractivity contribution in [2.24, 2.45) is 0 Å². The summed E-state index contributed by atoms with van der Waals surface area (Å²) in [5.74, 6) is -0.132. The molecule has 6 nitrogen and oxygen atoms in total. The molecule has 0 aromatic heterocycles. The fourth-order valence-corrected chi connectivity index (χ4v) is 1.33. The van der Waals surface area contributed by atoms with Gasteiger partial charge in [0.25, 0.3) is 0 Å². The number of ether oxygens (including phenoxy) is 1. The third kappa shape index (κ3) is 4.26. The second-order valence-corrected chi connectivity index (χ2v) is 3.33. The van der Waals surface area contributed by atoms with Crippen molar-refractivity contribution in [2.75, 3.05) is 46.4 Å². The maximum atomic E-state index is 11.5. The van der Waals surface area contributed by atoms with E-state index in [1.807, 2.05) is 0 Å². The molecule has 1 aliphatic rings. The number of amides is 2. The smallest absolute Gasteiger partial charge is 0.239 e. The molecule has 6 heteroatoms. The zero-order valence-electron chi connectivity index (χ0n) is 8.91. The summed E-state index contributed by atoms with van der Waals surface area (Å²) in [7, 11) is 1.61. The molecule has 0 aromatic carbocycles. The van der Waals surface area contributed by atoms with Gasteiger partial charge in [0.15, 0.2) is 0 Å². The number of hydrogen-bond donors (Lipinski definition) is 2. The summed E-state index contributed by atoms with van der Waals surface area (Å²) in [6.45, 7) is 2.79. The summed E-state index contributed by atoms with van der Waals surface area (Å²) in [6, 6.07) is 0. The van der Waals surface area contributed by atoms with E-state index in [0.717, 1.165) is 0 Å². The molecule has 0 spiro atoms. The molecular formula is C9H17N3O3. The van der Waals surface area contributed by atoms with E-state index in [0.29, 0.717) is 26.2 Å². The van der Waals surface area contributed by atoms with Crippen molar-refractivity contribution in [2.45, 2.75) is 0 Å². The van der Waals surface area contributed by atoms with Crippen LogP contribution < -0.4 is 10.6 Å². The van der Waals surface area contributed by atoms with Crippen LogP contribution in [0, 0.1) is 0 Å². The summed E-state index contributed by atoms with van der Waals surface area (Å²) in [4.78, 5) is 24.1. The highest BCUT2D eigenvalue weighted by molar-refractivity contribution is 5.86. The first-order valence-electron chi connectivity index (χ1n) is 4.98. The summed E-state index contributed by atoms with van der Waals surface area (Å²) in [5.41, 5.74) is 0. The summed E-state index contributed by atoms with van der Waals surface area (Å²) < 4.78 is 4.83. The number of carbonyl (C=O) groups is 2. The van der Waals surface area contributed by atoms with E-state index in [1.54, 1.807) is 12.0 Å². The van der Waals surface area contributed by atoms with Crippen molar-refractivity contribution in [1.82, 2.24) is 15.5 Å². The van der Waals surface area contributed by atoms with Gasteiger partial charge in [-0.2, -0.15) is 0 Å². The maximum Gasteiger partial charge on any atom is 0.239 e. The van der Waals surface area contributed by atoms with Gasteiger partial charge in [0.05, 0.1) is 19.7 Å². The number of rotatable bonds is 5. The Morgan fingerprint density at radius 1 is 1.67 bits per heavy atom. The Bertz CT molecular complexity index is 233. The third-order valence-corrected chi connectivity index (χ3v) is 2.15. The van der Waals surface area contributed by atoms with Crippen LogP contribution in [0.1, 0.15) is 0 Å². The molecule has 0 saturated carbocycles. The predicted octanol–water partition coefficient (Wildman–Crippen LogP) is -1.82. The zero-order chi connectivity index (χ0) is 11.1. The lowest BCUT2D eigenvalue weighted by Gasteiger charge is -2.26. The average Bonchev–Trinajstić information content (AvgIpc) is 2.24. The fourth-order valence-electron chi connectivity index (χ4n) is 1.33. The van der Waals surface area contributed by atoms with Crippen molar-refractivity contribution < 1.29 is 14.3 Å². The number of hydrogen-bond acceptors (Lipinski definition) is 4. The Morgan fingerprint density at radius 2 is 2.47 bits per heavy atom. The van der Waals surface area contributed by atoms with Gasteiger partial charge in [-0.1, -0.05) is 0 Å². The van der Waals surface area contributed by atoms with Gasteiger partial charge in [-0.3, -0.25) is 9.59 Å². The molecule has 0 aromatic rings. The lowest BCUT2D eigenvalue weighted by molar-refractivity contribution is -0.137. The average molecular weight is 215 g/mol. The highest BCUT2D eigenvalue weighted by atomic mass is 16.5. The predicted molar refractivity (Wildman–Crippen MR) is 54.3 cm³/mol.